The number of methoxy groups -OCH3 is 2. The zero-order valence-electron chi connectivity index (χ0n) is 16.3. The number of hydrogen-bond acceptors (Lipinski definition) is 5. The van der Waals surface area contributed by atoms with Crippen molar-refractivity contribution in [2.24, 2.45) is 0 Å². The maximum atomic E-state index is 12.4. The van der Waals surface area contributed by atoms with E-state index < -0.39 is 6.04 Å². The molecule has 1 aliphatic heterocycles. The number of nitrogens with one attached hydrogen (secondary N) is 1. The molecule has 1 saturated heterocycles. The van der Waals surface area contributed by atoms with Crippen molar-refractivity contribution < 1.29 is 19.1 Å². The Morgan fingerprint density at radius 2 is 2.15 bits per heavy atom. The number of amides is 2. The fourth-order valence-corrected chi connectivity index (χ4v) is 3.00. The van der Waals surface area contributed by atoms with Crippen LogP contribution in [0.3, 0.4) is 0 Å². The standard InChI is InChI=1S/C20H29N3O4/c1-22(13-14-26-2)19(24)15-17-20(25)21-10-12-23(17)11-6-8-16-7-4-5-9-18(16)27-3/h4-9,17H,10-15H2,1-3H3,(H,21,25)/b8-6+. The first kappa shape index (κ1) is 20.9. The molecule has 7 heteroatoms. The number of piperazine rings is 1. The minimum Gasteiger partial charge on any atom is -0.496 e. The van der Waals surface area contributed by atoms with Gasteiger partial charge in [0.25, 0.3) is 0 Å². The number of rotatable bonds is 9. The Hall–Kier alpha value is -2.38. The van der Waals surface area contributed by atoms with E-state index in [9.17, 15) is 9.59 Å². The van der Waals surface area contributed by atoms with Gasteiger partial charge in [0.05, 0.1) is 26.2 Å². The SMILES string of the molecule is COCCN(C)C(=O)CC1C(=O)NCCN1C/C=C/c1ccccc1OC. The van der Waals surface area contributed by atoms with Crippen LogP contribution in [0, 0.1) is 0 Å². The van der Waals surface area contributed by atoms with E-state index in [0.717, 1.165) is 11.3 Å². The second-order valence-electron chi connectivity index (χ2n) is 6.46. The molecule has 7 nitrogen and oxygen atoms in total. The number of para-hydroxylation sites is 1. The Balaban J connectivity index is 1.99. The second-order valence-corrected chi connectivity index (χ2v) is 6.46. The van der Waals surface area contributed by atoms with Crippen molar-refractivity contribution in [3.8, 4) is 5.75 Å². The number of nitrogens with zero attached hydrogens (tertiary/aromatic N) is 2. The van der Waals surface area contributed by atoms with E-state index in [0.29, 0.717) is 32.8 Å². The van der Waals surface area contributed by atoms with E-state index in [-0.39, 0.29) is 18.2 Å². The summed E-state index contributed by atoms with van der Waals surface area (Å²) in [6.45, 7) is 2.88. The Bertz CT molecular complexity index is 662. The first-order valence-corrected chi connectivity index (χ1v) is 9.11. The van der Waals surface area contributed by atoms with Crippen LogP contribution in [0.15, 0.2) is 30.3 Å². The van der Waals surface area contributed by atoms with Crippen molar-refractivity contribution in [2.75, 3.05) is 54.1 Å². The van der Waals surface area contributed by atoms with Crippen molar-refractivity contribution in [3.05, 3.63) is 35.9 Å². The van der Waals surface area contributed by atoms with E-state index in [1.54, 1.807) is 26.2 Å². The molecule has 0 aromatic heterocycles. The molecule has 2 rings (SSSR count). The molecule has 0 spiro atoms. The molecule has 1 fully saturated rings. The van der Waals surface area contributed by atoms with Crippen LogP contribution in [-0.4, -0.2) is 81.7 Å². The van der Waals surface area contributed by atoms with Crippen molar-refractivity contribution in [3.63, 3.8) is 0 Å². The van der Waals surface area contributed by atoms with Gasteiger partial charge in [-0.05, 0) is 6.07 Å². The summed E-state index contributed by atoms with van der Waals surface area (Å²) in [4.78, 5) is 28.4. The molecule has 1 aliphatic rings. The quantitative estimate of drug-likeness (QED) is 0.697. The topological polar surface area (TPSA) is 71.1 Å². The van der Waals surface area contributed by atoms with Crippen LogP contribution >= 0.6 is 0 Å². The summed E-state index contributed by atoms with van der Waals surface area (Å²) in [5.74, 6) is 0.643. The summed E-state index contributed by atoms with van der Waals surface area (Å²) in [7, 11) is 4.97. The summed E-state index contributed by atoms with van der Waals surface area (Å²) in [5, 5.41) is 2.86. The molecule has 1 aromatic carbocycles. The Morgan fingerprint density at radius 3 is 2.89 bits per heavy atom. The zero-order valence-corrected chi connectivity index (χ0v) is 16.3. The highest BCUT2D eigenvalue weighted by atomic mass is 16.5. The van der Waals surface area contributed by atoms with Gasteiger partial charge in [-0.3, -0.25) is 14.5 Å². The molecule has 0 radical (unpaired) electrons. The van der Waals surface area contributed by atoms with E-state index in [4.69, 9.17) is 9.47 Å². The number of likely N-dealkylation sites (N-methyl/N-ethyl adjacent to an activating group) is 1. The third-order valence-electron chi connectivity index (χ3n) is 4.64. The molecule has 148 valence electrons. The van der Waals surface area contributed by atoms with E-state index in [1.165, 1.54) is 0 Å². The summed E-state index contributed by atoms with van der Waals surface area (Å²) >= 11 is 0. The Labute approximate surface area is 160 Å². The van der Waals surface area contributed by atoms with Crippen molar-refractivity contribution >= 4 is 17.9 Å². The van der Waals surface area contributed by atoms with Crippen LogP contribution in [0.25, 0.3) is 6.08 Å². The van der Waals surface area contributed by atoms with Gasteiger partial charge < -0.3 is 19.7 Å². The molecule has 1 aromatic rings. The average Bonchev–Trinajstić information content (AvgIpc) is 2.68. The third-order valence-corrected chi connectivity index (χ3v) is 4.64. The van der Waals surface area contributed by atoms with Gasteiger partial charge in [0, 0.05) is 45.9 Å². The molecule has 0 aliphatic carbocycles. The molecule has 0 bridgehead atoms. The molecule has 1 unspecified atom stereocenters. The number of carbonyl (C=O) groups excluding carboxylic acids is 2. The van der Waals surface area contributed by atoms with E-state index in [2.05, 4.69) is 5.32 Å². The van der Waals surface area contributed by atoms with Crippen LogP contribution in [0.4, 0.5) is 0 Å². The van der Waals surface area contributed by atoms with Gasteiger partial charge >= 0.3 is 0 Å². The lowest BCUT2D eigenvalue weighted by Gasteiger charge is -2.34. The number of benzene rings is 1. The lowest BCUT2D eigenvalue weighted by Crippen LogP contribution is -2.56. The number of hydrogen-bond donors (Lipinski definition) is 1. The average molecular weight is 375 g/mol. The maximum Gasteiger partial charge on any atom is 0.237 e. The van der Waals surface area contributed by atoms with Crippen molar-refractivity contribution in [1.29, 1.82) is 0 Å². The molecule has 27 heavy (non-hydrogen) atoms. The molecule has 2 amide bonds. The van der Waals surface area contributed by atoms with E-state index >= 15 is 0 Å². The van der Waals surface area contributed by atoms with Crippen molar-refractivity contribution in [2.45, 2.75) is 12.5 Å². The second kappa shape index (κ2) is 10.7. The zero-order chi connectivity index (χ0) is 19.6. The van der Waals surface area contributed by atoms with Crippen LogP contribution in [0.5, 0.6) is 5.75 Å². The van der Waals surface area contributed by atoms with Crippen LogP contribution in [0.1, 0.15) is 12.0 Å². The largest absolute Gasteiger partial charge is 0.496 e. The highest BCUT2D eigenvalue weighted by molar-refractivity contribution is 5.88. The van der Waals surface area contributed by atoms with Gasteiger partial charge in [-0.1, -0.05) is 30.4 Å². The normalized spacial score (nSPS) is 17.7. The summed E-state index contributed by atoms with van der Waals surface area (Å²) in [6, 6.07) is 7.30. The lowest BCUT2D eigenvalue weighted by molar-refractivity contribution is -0.138. The predicted octanol–water partition coefficient (Wildman–Crippen LogP) is 1.00. The summed E-state index contributed by atoms with van der Waals surface area (Å²) in [5.41, 5.74) is 0.980. The fraction of sp³-hybridized carbons (Fsp3) is 0.500. The molecular formula is C20H29N3O4. The third kappa shape index (κ3) is 6.08. The molecule has 1 atom stereocenters. The van der Waals surface area contributed by atoms with Gasteiger partial charge in [-0.25, -0.2) is 0 Å². The fourth-order valence-electron chi connectivity index (χ4n) is 3.00. The summed E-state index contributed by atoms with van der Waals surface area (Å²) < 4.78 is 10.4. The minimum atomic E-state index is -0.460. The van der Waals surface area contributed by atoms with Crippen LogP contribution in [-0.2, 0) is 14.3 Å². The minimum absolute atomic E-state index is 0.0622. The molecular weight excluding hydrogens is 346 g/mol. The first-order valence-electron chi connectivity index (χ1n) is 9.11. The highest BCUT2D eigenvalue weighted by Crippen LogP contribution is 2.19. The van der Waals surface area contributed by atoms with E-state index in [1.807, 2.05) is 41.3 Å². The van der Waals surface area contributed by atoms with Gasteiger partial charge in [0.2, 0.25) is 11.8 Å². The number of ether oxygens (including phenoxy) is 2. The monoisotopic (exact) mass is 375 g/mol. The predicted molar refractivity (Wildman–Crippen MR) is 105 cm³/mol. The van der Waals surface area contributed by atoms with Gasteiger partial charge in [0.15, 0.2) is 0 Å². The Kier molecular flexibility index (Phi) is 8.29. The highest BCUT2D eigenvalue weighted by Gasteiger charge is 2.31. The first-order chi connectivity index (χ1) is 13.1. The molecule has 1 N–H and O–H groups in total. The lowest BCUT2D eigenvalue weighted by atomic mass is 10.1. The van der Waals surface area contributed by atoms with Crippen molar-refractivity contribution in [1.82, 2.24) is 15.1 Å². The van der Waals surface area contributed by atoms with Gasteiger partial charge in [0.1, 0.15) is 5.75 Å². The van der Waals surface area contributed by atoms with Gasteiger partial charge in [-0.2, -0.15) is 0 Å². The summed E-state index contributed by atoms with van der Waals surface area (Å²) in [6.07, 6.45) is 4.14. The number of carbonyl (C=O) groups is 2. The van der Waals surface area contributed by atoms with Crippen LogP contribution in [0.2, 0.25) is 0 Å². The smallest absolute Gasteiger partial charge is 0.237 e. The van der Waals surface area contributed by atoms with Crippen LogP contribution < -0.4 is 10.1 Å². The molecule has 0 saturated carbocycles. The maximum absolute atomic E-state index is 12.4. The molecule has 1 heterocycles. The van der Waals surface area contributed by atoms with Gasteiger partial charge in [-0.15, -0.1) is 0 Å². The Morgan fingerprint density at radius 1 is 1.37 bits per heavy atom.